The van der Waals surface area contributed by atoms with Crippen LogP contribution in [0.25, 0.3) is 10.2 Å². The largest absolute Gasteiger partial charge is 0.340 e. The van der Waals surface area contributed by atoms with Crippen molar-refractivity contribution in [1.29, 1.82) is 0 Å². The minimum absolute atomic E-state index is 0.0158. The van der Waals surface area contributed by atoms with Gasteiger partial charge in [0.1, 0.15) is 4.83 Å². The normalized spacial score (nSPS) is 12.5. The zero-order valence-electron chi connectivity index (χ0n) is 17.7. The van der Waals surface area contributed by atoms with Gasteiger partial charge in [0.2, 0.25) is 5.91 Å². The van der Waals surface area contributed by atoms with Gasteiger partial charge in [0.25, 0.3) is 5.56 Å². The summed E-state index contributed by atoms with van der Waals surface area (Å²) in [5.74, 6) is 0.0158. The van der Waals surface area contributed by atoms with Gasteiger partial charge in [-0.3, -0.25) is 14.2 Å². The molecule has 7 heteroatoms. The summed E-state index contributed by atoms with van der Waals surface area (Å²) in [7, 11) is 1.81. The number of carbonyl (C=O) groups excluding carboxylic acids is 1. The van der Waals surface area contributed by atoms with Crippen LogP contribution in [-0.2, 0) is 11.3 Å². The molecule has 0 bridgehead atoms. The Hall–Kier alpha value is -2.12. The van der Waals surface area contributed by atoms with Crippen LogP contribution in [0.4, 0.5) is 0 Å². The molecule has 3 aromatic rings. The topological polar surface area (TPSA) is 55.2 Å². The van der Waals surface area contributed by atoms with Crippen molar-refractivity contribution in [1.82, 2.24) is 14.5 Å². The molecule has 0 N–H and O–H groups in total. The fraction of sp³-hybridized carbons (Fsp3) is 0.409. The van der Waals surface area contributed by atoms with Crippen LogP contribution in [-0.4, -0.2) is 32.7 Å². The van der Waals surface area contributed by atoms with E-state index >= 15 is 0 Å². The number of aromatic nitrogens is 2. The summed E-state index contributed by atoms with van der Waals surface area (Å²) >= 11 is 2.89. The molecule has 1 atom stereocenters. The quantitative estimate of drug-likeness (QED) is 0.417. The maximum atomic E-state index is 13.2. The van der Waals surface area contributed by atoms with Gasteiger partial charge in [-0.15, -0.1) is 11.3 Å². The predicted molar refractivity (Wildman–Crippen MR) is 122 cm³/mol. The molecule has 0 radical (unpaired) electrons. The van der Waals surface area contributed by atoms with Crippen LogP contribution in [0.5, 0.6) is 0 Å². The summed E-state index contributed by atoms with van der Waals surface area (Å²) in [6.45, 7) is 10.4. The Kier molecular flexibility index (Phi) is 6.49. The van der Waals surface area contributed by atoms with Crippen molar-refractivity contribution in [3.8, 4) is 0 Å². The highest BCUT2D eigenvalue weighted by atomic mass is 32.2. The molecule has 3 rings (SSSR count). The van der Waals surface area contributed by atoms with Crippen molar-refractivity contribution in [2.75, 3.05) is 7.05 Å². The molecule has 0 saturated heterocycles. The van der Waals surface area contributed by atoms with Crippen LogP contribution >= 0.6 is 23.1 Å². The standard InChI is InChI=1S/C22H27N3O2S2/c1-13(2)25-21(27)18-14(3)15(4)28-19(18)23-22(25)29-16(5)20(26)24(6)12-17-10-8-7-9-11-17/h7-11,13,16H,12H2,1-6H3. The number of amides is 1. The summed E-state index contributed by atoms with van der Waals surface area (Å²) in [4.78, 5) is 34.5. The average molecular weight is 430 g/mol. The first kappa shape index (κ1) is 21.6. The second-order valence-corrected chi connectivity index (χ2v) is 10.1. The highest BCUT2D eigenvalue weighted by molar-refractivity contribution is 8.00. The van der Waals surface area contributed by atoms with Gasteiger partial charge in [0.15, 0.2) is 5.16 Å². The maximum absolute atomic E-state index is 13.2. The third kappa shape index (κ3) is 4.41. The number of aryl methyl sites for hydroxylation is 2. The highest BCUT2D eigenvalue weighted by Crippen LogP contribution is 2.31. The summed E-state index contributed by atoms with van der Waals surface area (Å²) in [6.07, 6.45) is 0. The third-order valence-electron chi connectivity index (χ3n) is 4.99. The van der Waals surface area contributed by atoms with Crippen LogP contribution in [0.1, 0.15) is 42.8 Å². The molecule has 2 heterocycles. The van der Waals surface area contributed by atoms with Crippen molar-refractivity contribution in [3.05, 3.63) is 56.7 Å². The molecular weight excluding hydrogens is 402 g/mol. The monoisotopic (exact) mass is 429 g/mol. The van der Waals surface area contributed by atoms with E-state index in [0.717, 1.165) is 20.8 Å². The van der Waals surface area contributed by atoms with Gasteiger partial charge < -0.3 is 4.90 Å². The summed E-state index contributed by atoms with van der Waals surface area (Å²) < 4.78 is 1.72. The molecule has 29 heavy (non-hydrogen) atoms. The number of hydrogen-bond acceptors (Lipinski definition) is 5. The van der Waals surface area contributed by atoms with Crippen molar-refractivity contribution in [2.24, 2.45) is 0 Å². The number of thioether (sulfide) groups is 1. The lowest BCUT2D eigenvalue weighted by Crippen LogP contribution is -2.33. The Balaban J connectivity index is 1.89. The Labute approximate surface area is 179 Å². The van der Waals surface area contributed by atoms with E-state index in [2.05, 4.69) is 0 Å². The zero-order valence-corrected chi connectivity index (χ0v) is 19.4. The molecule has 1 amide bonds. The van der Waals surface area contributed by atoms with E-state index < -0.39 is 0 Å². The van der Waals surface area contributed by atoms with E-state index in [1.165, 1.54) is 23.1 Å². The fourth-order valence-corrected chi connectivity index (χ4v) is 5.51. The molecule has 2 aromatic heterocycles. The second kappa shape index (κ2) is 8.71. The fourth-order valence-electron chi connectivity index (χ4n) is 3.28. The number of benzene rings is 1. The van der Waals surface area contributed by atoms with Gasteiger partial charge in [-0.2, -0.15) is 0 Å². The van der Waals surface area contributed by atoms with Crippen molar-refractivity contribution >= 4 is 39.2 Å². The van der Waals surface area contributed by atoms with Crippen molar-refractivity contribution in [3.63, 3.8) is 0 Å². The lowest BCUT2D eigenvalue weighted by atomic mass is 10.2. The smallest absolute Gasteiger partial charge is 0.263 e. The highest BCUT2D eigenvalue weighted by Gasteiger charge is 2.24. The third-order valence-corrected chi connectivity index (χ3v) is 7.14. The van der Waals surface area contributed by atoms with E-state index in [0.29, 0.717) is 17.1 Å². The first-order valence-electron chi connectivity index (χ1n) is 9.68. The number of nitrogens with zero attached hydrogens (tertiary/aromatic N) is 3. The number of carbonyl (C=O) groups is 1. The van der Waals surface area contributed by atoms with E-state index in [9.17, 15) is 9.59 Å². The molecular formula is C22H27N3O2S2. The van der Waals surface area contributed by atoms with Gasteiger partial charge >= 0.3 is 0 Å². The summed E-state index contributed by atoms with van der Waals surface area (Å²) in [5.41, 5.74) is 2.07. The van der Waals surface area contributed by atoms with E-state index in [1.54, 1.807) is 9.47 Å². The molecule has 0 aliphatic heterocycles. The number of thiophene rings is 1. The SMILES string of the molecule is Cc1sc2nc(SC(C)C(=O)N(C)Cc3ccccc3)n(C(C)C)c(=O)c2c1C. The minimum Gasteiger partial charge on any atom is -0.340 e. The maximum Gasteiger partial charge on any atom is 0.263 e. The minimum atomic E-state index is -0.347. The van der Waals surface area contributed by atoms with E-state index in [-0.39, 0.29) is 22.8 Å². The van der Waals surface area contributed by atoms with Gasteiger partial charge in [-0.1, -0.05) is 42.1 Å². The molecule has 0 aliphatic carbocycles. The number of rotatable bonds is 6. The van der Waals surface area contributed by atoms with Crippen LogP contribution in [0, 0.1) is 13.8 Å². The predicted octanol–water partition coefficient (Wildman–Crippen LogP) is 4.79. The molecule has 1 aromatic carbocycles. The van der Waals surface area contributed by atoms with Crippen molar-refractivity contribution in [2.45, 2.75) is 57.6 Å². The van der Waals surface area contributed by atoms with Gasteiger partial charge in [-0.05, 0) is 45.7 Å². The lowest BCUT2D eigenvalue weighted by molar-refractivity contribution is -0.129. The first-order chi connectivity index (χ1) is 13.7. The molecule has 154 valence electrons. The molecule has 0 saturated carbocycles. The van der Waals surface area contributed by atoms with E-state index in [4.69, 9.17) is 4.98 Å². The molecule has 0 aliphatic rings. The first-order valence-corrected chi connectivity index (χ1v) is 11.4. The van der Waals surface area contributed by atoms with Crippen LogP contribution in [0.15, 0.2) is 40.3 Å². The van der Waals surface area contributed by atoms with Crippen LogP contribution in [0.3, 0.4) is 0 Å². The zero-order chi connectivity index (χ0) is 21.3. The Bertz CT molecular complexity index is 1090. The molecule has 0 spiro atoms. The van der Waals surface area contributed by atoms with Gasteiger partial charge in [0, 0.05) is 24.5 Å². The van der Waals surface area contributed by atoms with Gasteiger partial charge in [0.05, 0.1) is 10.6 Å². The lowest BCUT2D eigenvalue weighted by Gasteiger charge is -2.22. The molecule has 0 fully saturated rings. The Morgan fingerprint density at radius 3 is 2.48 bits per heavy atom. The second-order valence-electron chi connectivity index (χ2n) is 7.57. The van der Waals surface area contributed by atoms with E-state index in [1.807, 2.05) is 72.0 Å². The number of fused-ring (bicyclic) bond motifs is 1. The van der Waals surface area contributed by atoms with Crippen molar-refractivity contribution < 1.29 is 4.79 Å². The van der Waals surface area contributed by atoms with Crippen LogP contribution in [0.2, 0.25) is 0 Å². The summed E-state index contributed by atoms with van der Waals surface area (Å²) in [6, 6.07) is 9.88. The molecule has 5 nitrogen and oxygen atoms in total. The molecule has 1 unspecified atom stereocenters. The Morgan fingerprint density at radius 2 is 1.86 bits per heavy atom. The Morgan fingerprint density at radius 1 is 1.21 bits per heavy atom. The number of hydrogen-bond donors (Lipinski definition) is 0. The van der Waals surface area contributed by atoms with Crippen LogP contribution < -0.4 is 5.56 Å². The average Bonchev–Trinajstić information content (AvgIpc) is 2.95. The summed E-state index contributed by atoms with van der Waals surface area (Å²) in [5, 5.41) is 0.957. The van der Waals surface area contributed by atoms with Gasteiger partial charge in [-0.25, -0.2) is 4.98 Å².